The largest absolute Gasteiger partial charge is 0.384 e. The minimum absolute atomic E-state index is 0.485. The second-order valence-corrected chi connectivity index (χ2v) is 4.09. The Balaban J connectivity index is 2.05. The Morgan fingerprint density at radius 3 is 2.81 bits per heavy atom. The first kappa shape index (κ1) is 10.9. The van der Waals surface area contributed by atoms with E-state index in [1.807, 2.05) is 24.3 Å². The number of anilines is 2. The average molecular weight is 279 g/mol. The number of para-hydroxylation sites is 1. The molecule has 0 bridgehead atoms. The van der Waals surface area contributed by atoms with E-state index in [0.717, 1.165) is 10.2 Å². The quantitative estimate of drug-likeness (QED) is 0.905. The van der Waals surface area contributed by atoms with E-state index in [1.165, 1.54) is 0 Å². The van der Waals surface area contributed by atoms with Gasteiger partial charge >= 0.3 is 0 Å². The molecule has 0 saturated heterocycles. The third-order valence-electron chi connectivity index (χ3n) is 2.04. The SMILES string of the molecule is Nc1ccnc(CNc2ccccc2Br)n1. The molecule has 1 aromatic carbocycles. The summed E-state index contributed by atoms with van der Waals surface area (Å²) in [7, 11) is 0. The van der Waals surface area contributed by atoms with Crippen LogP contribution < -0.4 is 11.1 Å². The van der Waals surface area contributed by atoms with Gasteiger partial charge in [0.1, 0.15) is 11.6 Å². The minimum Gasteiger partial charge on any atom is -0.384 e. The summed E-state index contributed by atoms with van der Waals surface area (Å²) < 4.78 is 1.01. The fourth-order valence-electron chi connectivity index (χ4n) is 1.28. The van der Waals surface area contributed by atoms with Crippen molar-refractivity contribution in [3.05, 3.63) is 46.8 Å². The molecule has 16 heavy (non-hydrogen) atoms. The molecule has 2 aromatic rings. The summed E-state index contributed by atoms with van der Waals surface area (Å²) in [5, 5.41) is 3.23. The van der Waals surface area contributed by atoms with E-state index in [-0.39, 0.29) is 0 Å². The number of hydrogen-bond donors (Lipinski definition) is 2. The topological polar surface area (TPSA) is 63.8 Å². The van der Waals surface area contributed by atoms with Gasteiger partial charge in [0.15, 0.2) is 0 Å². The monoisotopic (exact) mass is 278 g/mol. The number of nitrogens with two attached hydrogens (primary N) is 1. The fraction of sp³-hybridized carbons (Fsp3) is 0.0909. The van der Waals surface area contributed by atoms with Crippen molar-refractivity contribution in [2.24, 2.45) is 0 Å². The van der Waals surface area contributed by atoms with Gasteiger partial charge in [0.2, 0.25) is 0 Å². The smallest absolute Gasteiger partial charge is 0.149 e. The van der Waals surface area contributed by atoms with Crippen molar-refractivity contribution < 1.29 is 0 Å². The molecular weight excluding hydrogens is 268 g/mol. The summed E-state index contributed by atoms with van der Waals surface area (Å²) in [6.45, 7) is 0.549. The summed E-state index contributed by atoms with van der Waals surface area (Å²) in [5.41, 5.74) is 6.58. The van der Waals surface area contributed by atoms with Crippen LogP contribution in [0.5, 0.6) is 0 Å². The second kappa shape index (κ2) is 4.94. The molecule has 1 heterocycles. The highest BCUT2D eigenvalue weighted by molar-refractivity contribution is 9.10. The highest BCUT2D eigenvalue weighted by Gasteiger charge is 2.00. The van der Waals surface area contributed by atoms with Crippen molar-refractivity contribution in [2.45, 2.75) is 6.54 Å². The number of nitrogen functional groups attached to an aromatic ring is 1. The van der Waals surface area contributed by atoms with Crippen LogP contribution >= 0.6 is 15.9 Å². The number of nitrogens with zero attached hydrogens (tertiary/aromatic N) is 2. The molecule has 0 unspecified atom stereocenters. The predicted molar refractivity (Wildman–Crippen MR) is 67.9 cm³/mol. The molecule has 3 N–H and O–H groups in total. The number of aromatic nitrogens is 2. The average Bonchev–Trinajstić information content (AvgIpc) is 2.28. The first-order valence-electron chi connectivity index (χ1n) is 4.81. The van der Waals surface area contributed by atoms with E-state index < -0.39 is 0 Å². The third-order valence-corrected chi connectivity index (χ3v) is 2.73. The van der Waals surface area contributed by atoms with Crippen LogP contribution in [-0.2, 0) is 6.54 Å². The molecule has 0 amide bonds. The number of benzene rings is 1. The Morgan fingerprint density at radius 1 is 1.25 bits per heavy atom. The van der Waals surface area contributed by atoms with Crippen LogP contribution in [0.25, 0.3) is 0 Å². The first-order chi connectivity index (χ1) is 7.75. The summed E-state index contributed by atoms with van der Waals surface area (Å²) in [4.78, 5) is 8.22. The molecule has 0 fully saturated rings. The van der Waals surface area contributed by atoms with Gasteiger partial charge in [0.05, 0.1) is 6.54 Å². The maximum absolute atomic E-state index is 5.57. The molecule has 0 atom stereocenters. The van der Waals surface area contributed by atoms with Gasteiger partial charge in [-0.15, -0.1) is 0 Å². The lowest BCUT2D eigenvalue weighted by atomic mass is 10.3. The lowest BCUT2D eigenvalue weighted by Gasteiger charge is -2.07. The maximum atomic E-state index is 5.57. The lowest BCUT2D eigenvalue weighted by molar-refractivity contribution is 0.953. The minimum atomic E-state index is 0.485. The zero-order valence-corrected chi connectivity index (χ0v) is 10.1. The lowest BCUT2D eigenvalue weighted by Crippen LogP contribution is -2.05. The maximum Gasteiger partial charge on any atom is 0.149 e. The molecule has 0 saturated carbocycles. The van der Waals surface area contributed by atoms with Gasteiger partial charge in [-0.05, 0) is 34.1 Å². The Kier molecular flexibility index (Phi) is 3.36. The molecule has 5 heteroatoms. The summed E-state index contributed by atoms with van der Waals surface area (Å²) in [5.74, 6) is 1.16. The zero-order chi connectivity index (χ0) is 11.4. The third kappa shape index (κ3) is 2.70. The molecule has 0 aliphatic rings. The molecule has 0 spiro atoms. The van der Waals surface area contributed by atoms with Crippen LogP contribution in [0.4, 0.5) is 11.5 Å². The van der Waals surface area contributed by atoms with Crippen molar-refractivity contribution in [2.75, 3.05) is 11.1 Å². The van der Waals surface area contributed by atoms with E-state index in [1.54, 1.807) is 12.3 Å². The molecule has 0 aliphatic heterocycles. The standard InChI is InChI=1S/C11H11BrN4/c12-8-3-1-2-4-9(8)15-7-11-14-6-5-10(13)16-11/h1-6,15H,7H2,(H2,13,14,16). The Hall–Kier alpha value is -1.62. The van der Waals surface area contributed by atoms with E-state index in [2.05, 4.69) is 31.2 Å². The zero-order valence-electron chi connectivity index (χ0n) is 8.52. The van der Waals surface area contributed by atoms with Crippen molar-refractivity contribution in [1.29, 1.82) is 0 Å². The second-order valence-electron chi connectivity index (χ2n) is 3.23. The summed E-state index contributed by atoms with van der Waals surface area (Å²) >= 11 is 3.46. The number of nitrogens with one attached hydrogen (secondary N) is 1. The van der Waals surface area contributed by atoms with Gasteiger partial charge in [-0.2, -0.15) is 0 Å². The van der Waals surface area contributed by atoms with Crippen molar-refractivity contribution >= 4 is 27.4 Å². The van der Waals surface area contributed by atoms with Crippen molar-refractivity contribution in [1.82, 2.24) is 9.97 Å². The normalized spacial score (nSPS) is 10.1. The number of halogens is 1. The molecule has 4 nitrogen and oxygen atoms in total. The van der Waals surface area contributed by atoms with Crippen molar-refractivity contribution in [3.8, 4) is 0 Å². The van der Waals surface area contributed by atoms with Gasteiger partial charge in [-0.1, -0.05) is 12.1 Å². The summed E-state index contributed by atoms with van der Waals surface area (Å²) in [6, 6.07) is 9.56. The van der Waals surface area contributed by atoms with E-state index >= 15 is 0 Å². The van der Waals surface area contributed by atoms with Crippen LogP contribution in [0, 0.1) is 0 Å². The van der Waals surface area contributed by atoms with Crippen LogP contribution in [-0.4, -0.2) is 9.97 Å². The Labute approximate surface area is 102 Å². The number of hydrogen-bond acceptors (Lipinski definition) is 4. The molecule has 0 radical (unpaired) electrons. The molecular formula is C11H11BrN4. The van der Waals surface area contributed by atoms with Crippen LogP contribution in [0.15, 0.2) is 41.0 Å². The first-order valence-corrected chi connectivity index (χ1v) is 5.61. The van der Waals surface area contributed by atoms with Crippen LogP contribution in [0.1, 0.15) is 5.82 Å². The predicted octanol–water partition coefficient (Wildman–Crippen LogP) is 2.43. The molecule has 0 aliphatic carbocycles. The van der Waals surface area contributed by atoms with Gasteiger partial charge < -0.3 is 11.1 Å². The van der Waals surface area contributed by atoms with E-state index in [4.69, 9.17) is 5.73 Å². The fourth-order valence-corrected chi connectivity index (χ4v) is 1.70. The highest BCUT2D eigenvalue weighted by Crippen LogP contribution is 2.21. The molecule has 2 rings (SSSR count). The molecule has 82 valence electrons. The Morgan fingerprint density at radius 2 is 2.06 bits per heavy atom. The van der Waals surface area contributed by atoms with Crippen molar-refractivity contribution in [3.63, 3.8) is 0 Å². The van der Waals surface area contributed by atoms with E-state index in [9.17, 15) is 0 Å². The Bertz CT molecular complexity index is 487. The van der Waals surface area contributed by atoms with Gasteiger partial charge in [-0.25, -0.2) is 9.97 Å². The van der Waals surface area contributed by atoms with Gasteiger partial charge in [-0.3, -0.25) is 0 Å². The van der Waals surface area contributed by atoms with E-state index in [0.29, 0.717) is 18.2 Å². The van der Waals surface area contributed by atoms with Crippen LogP contribution in [0.3, 0.4) is 0 Å². The summed E-state index contributed by atoms with van der Waals surface area (Å²) in [6.07, 6.45) is 1.65. The molecule has 1 aromatic heterocycles. The number of rotatable bonds is 3. The van der Waals surface area contributed by atoms with Crippen LogP contribution in [0.2, 0.25) is 0 Å². The van der Waals surface area contributed by atoms with Gasteiger partial charge in [0, 0.05) is 16.4 Å². The van der Waals surface area contributed by atoms with Gasteiger partial charge in [0.25, 0.3) is 0 Å². The highest BCUT2D eigenvalue weighted by atomic mass is 79.9.